The average Bonchev–Trinajstić information content (AvgIpc) is 2.97. The molecule has 0 aliphatic carbocycles. The Kier molecular flexibility index (Phi) is 3.94. The van der Waals surface area contributed by atoms with Gasteiger partial charge in [-0.05, 0) is 26.1 Å². The minimum Gasteiger partial charge on any atom is -0.333 e. The fraction of sp³-hybridized carbons (Fsp3) is 0.375. The van der Waals surface area contributed by atoms with Crippen LogP contribution < -0.4 is 0 Å². The van der Waals surface area contributed by atoms with E-state index < -0.39 is 0 Å². The van der Waals surface area contributed by atoms with Crippen LogP contribution in [0, 0.1) is 5.82 Å². The molecule has 3 rings (SSSR count). The number of aromatic nitrogens is 2. The number of nitrogens with zero attached hydrogens (tertiary/aromatic N) is 4. The number of halogens is 1. The van der Waals surface area contributed by atoms with Gasteiger partial charge in [-0.2, -0.15) is 5.10 Å². The highest BCUT2D eigenvalue weighted by Gasteiger charge is 2.27. The van der Waals surface area contributed by atoms with Crippen LogP contribution in [0.2, 0.25) is 0 Å². The van der Waals surface area contributed by atoms with Crippen LogP contribution in [-0.4, -0.2) is 58.2 Å². The Morgan fingerprint density at radius 1 is 1.32 bits per heavy atom. The van der Waals surface area contributed by atoms with Crippen molar-refractivity contribution in [1.82, 2.24) is 19.6 Å². The molecule has 0 N–H and O–H groups in total. The maximum Gasteiger partial charge on any atom is 0.257 e. The molecule has 6 heteroatoms. The van der Waals surface area contributed by atoms with Crippen molar-refractivity contribution in [2.24, 2.45) is 0 Å². The third-order valence-corrected chi connectivity index (χ3v) is 4.02. The van der Waals surface area contributed by atoms with Gasteiger partial charge in [-0.15, -0.1) is 0 Å². The molecule has 1 atom stereocenters. The van der Waals surface area contributed by atoms with Gasteiger partial charge < -0.3 is 9.80 Å². The van der Waals surface area contributed by atoms with E-state index in [-0.39, 0.29) is 17.8 Å². The van der Waals surface area contributed by atoms with Crippen LogP contribution in [0.4, 0.5) is 4.39 Å². The number of likely N-dealkylation sites (N-methyl/N-ethyl adjacent to an activating group) is 1. The first kappa shape index (κ1) is 14.7. The number of hydrogen-bond donors (Lipinski definition) is 0. The number of carbonyl (C=O) groups is 1. The molecule has 22 heavy (non-hydrogen) atoms. The standard InChI is InChI=1S/C16H19FN4O/c1-12-10-19(2)7-8-20(12)16(22)13-9-18-21(11-13)15-6-4-3-5-14(15)17/h3-6,9,11-12H,7-8,10H2,1-2H3. The quantitative estimate of drug-likeness (QED) is 0.849. The number of piperazine rings is 1. The lowest BCUT2D eigenvalue weighted by Gasteiger charge is -2.38. The monoisotopic (exact) mass is 302 g/mol. The topological polar surface area (TPSA) is 41.4 Å². The molecule has 0 saturated carbocycles. The largest absolute Gasteiger partial charge is 0.333 e. The maximum atomic E-state index is 13.8. The van der Waals surface area contributed by atoms with Gasteiger partial charge in [0.05, 0.1) is 11.8 Å². The minimum atomic E-state index is -0.363. The molecule has 1 saturated heterocycles. The SMILES string of the molecule is CC1CN(C)CCN1C(=O)c1cnn(-c2ccccc2F)c1. The zero-order chi connectivity index (χ0) is 15.7. The Bertz CT molecular complexity index is 684. The van der Waals surface area contributed by atoms with E-state index in [2.05, 4.69) is 17.0 Å². The lowest BCUT2D eigenvalue weighted by Crippen LogP contribution is -2.52. The zero-order valence-corrected chi connectivity index (χ0v) is 12.7. The van der Waals surface area contributed by atoms with Gasteiger partial charge in [-0.3, -0.25) is 4.79 Å². The molecular formula is C16H19FN4O. The molecule has 1 aliphatic heterocycles. The van der Waals surface area contributed by atoms with Gasteiger partial charge in [0.25, 0.3) is 5.91 Å². The van der Waals surface area contributed by atoms with Gasteiger partial charge in [-0.1, -0.05) is 12.1 Å². The third-order valence-electron chi connectivity index (χ3n) is 4.02. The molecule has 5 nitrogen and oxygen atoms in total. The molecule has 1 aliphatic rings. The molecule has 0 bridgehead atoms. The van der Waals surface area contributed by atoms with Crippen LogP contribution in [0.15, 0.2) is 36.7 Å². The fourth-order valence-electron chi connectivity index (χ4n) is 2.81. The van der Waals surface area contributed by atoms with Crippen molar-refractivity contribution in [3.8, 4) is 5.69 Å². The molecule has 1 fully saturated rings. The third kappa shape index (κ3) is 2.74. The minimum absolute atomic E-state index is 0.0526. The fourth-order valence-corrected chi connectivity index (χ4v) is 2.81. The summed E-state index contributed by atoms with van der Waals surface area (Å²) in [7, 11) is 2.05. The highest BCUT2D eigenvalue weighted by molar-refractivity contribution is 5.94. The second kappa shape index (κ2) is 5.88. The molecular weight excluding hydrogens is 283 g/mol. The number of amides is 1. The van der Waals surface area contributed by atoms with Gasteiger partial charge in [0.1, 0.15) is 11.5 Å². The second-order valence-corrected chi connectivity index (χ2v) is 5.73. The summed E-state index contributed by atoms with van der Waals surface area (Å²) in [5.41, 5.74) is 0.827. The average molecular weight is 302 g/mol. The van der Waals surface area contributed by atoms with Crippen LogP contribution in [0.25, 0.3) is 5.69 Å². The van der Waals surface area contributed by atoms with E-state index in [9.17, 15) is 9.18 Å². The molecule has 1 amide bonds. The Labute approximate surface area is 128 Å². The number of para-hydroxylation sites is 1. The summed E-state index contributed by atoms with van der Waals surface area (Å²) in [4.78, 5) is 16.7. The number of benzene rings is 1. The molecule has 1 aromatic carbocycles. The lowest BCUT2D eigenvalue weighted by atomic mass is 10.1. The van der Waals surface area contributed by atoms with Crippen LogP contribution >= 0.6 is 0 Å². The van der Waals surface area contributed by atoms with Crippen molar-refractivity contribution in [3.63, 3.8) is 0 Å². The van der Waals surface area contributed by atoms with Crippen LogP contribution in [0.3, 0.4) is 0 Å². The van der Waals surface area contributed by atoms with Gasteiger partial charge in [0.2, 0.25) is 0 Å². The van der Waals surface area contributed by atoms with Gasteiger partial charge >= 0.3 is 0 Å². The summed E-state index contributed by atoms with van der Waals surface area (Å²) in [5.74, 6) is -0.416. The summed E-state index contributed by atoms with van der Waals surface area (Å²) < 4.78 is 15.2. The van der Waals surface area contributed by atoms with Crippen molar-refractivity contribution in [1.29, 1.82) is 0 Å². The van der Waals surface area contributed by atoms with Crippen molar-refractivity contribution < 1.29 is 9.18 Å². The first-order chi connectivity index (χ1) is 10.6. The van der Waals surface area contributed by atoms with E-state index in [1.165, 1.54) is 16.9 Å². The summed E-state index contributed by atoms with van der Waals surface area (Å²) in [6.45, 7) is 4.45. The molecule has 1 aromatic heterocycles. The van der Waals surface area contributed by atoms with Crippen molar-refractivity contribution in [3.05, 3.63) is 48.0 Å². The first-order valence-electron chi connectivity index (χ1n) is 7.35. The summed E-state index contributed by atoms with van der Waals surface area (Å²) in [6.07, 6.45) is 3.09. The maximum absolute atomic E-state index is 13.8. The molecule has 0 radical (unpaired) electrons. The lowest BCUT2D eigenvalue weighted by molar-refractivity contribution is 0.0533. The first-order valence-corrected chi connectivity index (χ1v) is 7.35. The van der Waals surface area contributed by atoms with Crippen LogP contribution in [0.5, 0.6) is 0 Å². The smallest absolute Gasteiger partial charge is 0.257 e. The second-order valence-electron chi connectivity index (χ2n) is 5.73. The predicted molar refractivity (Wildman–Crippen MR) is 81.5 cm³/mol. The normalized spacial score (nSPS) is 19.4. The van der Waals surface area contributed by atoms with Gasteiger partial charge in [0.15, 0.2) is 0 Å². The Morgan fingerprint density at radius 3 is 2.82 bits per heavy atom. The van der Waals surface area contributed by atoms with Gasteiger partial charge in [0, 0.05) is 31.9 Å². The Morgan fingerprint density at radius 2 is 2.09 bits per heavy atom. The van der Waals surface area contributed by atoms with Crippen molar-refractivity contribution in [2.75, 3.05) is 26.7 Å². The Balaban J connectivity index is 1.82. The molecule has 0 spiro atoms. The van der Waals surface area contributed by atoms with E-state index in [1.54, 1.807) is 24.4 Å². The van der Waals surface area contributed by atoms with Gasteiger partial charge in [-0.25, -0.2) is 9.07 Å². The van der Waals surface area contributed by atoms with E-state index in [4.69, 9.17) is 0 Å². The molecule has 1 unspecified atom stereocenters. The van der Waals surface area contributed by atoms with Crippen LogP contribution in [-0.2, 0) is 0 Å². The van der Waals surface area contributed by atoms with E-state index in [1.807, 2.05) is 11.8 Å². The zero-order valence-electron chi connectivity index (χ0n) is 12.7. The van der Waals surface area contributed by atoms with Crippen LogP contribution in [0.1, 0.15) is 17.3 Å². The van der Waals surface area contributed by atoms with Crippen molar-refractivity contribution in [2.45, 2.75) is 13.0 Å². The molecule has 2 heterocycles. The van der Waals surface area contributed by atoms with E-state index >= 15 is 0 Å². The highest BCUT2D eigenvalue weighted by atomic mass is 19.1. The molecule has 116 valence electrons. The summed E-state index contributed by atoms with van der Waals surface area (Å²) >= 11 is 0. The predicted octanol–water partition coefficient (Wildman–Crippen LogP) is 1.79. The summed E-state index contributed by atoms with van der Waals surface area (Å²) in [5, 5.41) is 4.12. The number of hydrogen-bond acceptors (Lipinski definition) is 3. The summed E-state index contributed by atoms with van der Waals surface area (Å²) in [6, 6.07) is 6.53. The number of rotatable bonds is 2. The van der Waals surface area contributed by atoms with Crippen molar-refractivity contribution >= 4 is 5.91 Å². The van der Waals surface area contributed by atoms with E-state index in [0.29, 0.717) is 17.8 Å². The number of carbonyl (C=O) groups excluding carboxylic acids is 1. The van der Waals surface area contributed by atoms with E-state index in [0.717, 1.165) is 13.1 Å². The Hall–Kier alpha value is -2.21. The highest BCUT2D eigenvalue weighted by Crippen LogP contribution is 2.16. The molecule has 2 aromatic rings.